The average Bonchev–Trinajstić information content (AvgIpc) is 3.60. The number of rotatable bonds is 7. The zero-order valence-corrected chi connectivity index (χ0v) is 36.8. The van der Waals surface area contributed by atoms with E-state index in [1.165, 1.54) is 19.4 Å². The molecule has 17 nitrogen and oxygen atoms in total. The van der Waals surface area contributed by atoms with Gasteiger partial charge in [0, 0.05) is 17.8 Å². The molecule has 0 radical (unpaired) electrons. The van der Waals surface area contributed by atoms with Crippen molar-refractivity contribution >= 4 is 0 Å². The van der Waals surface area contributed by atoms with Gasteiger partial charge in [0.2, 0.25) is 0 Å². The lowest BCUT2D eigenvalue weighted by Gasteiger charge is -2.60. The van der Waals surface area contributed by atoms with Crippen LogP contribution in [-0.4, -0.2) is 175 Å². The van der Waals surface area contributed by atoms with Gasteiger partial charge in [0.1, 0.15) is 66.6 Å². The second-order valence-electron chi connectivity index (χ2n) is 21.2. The van der Waals surface area contributed by atoms with E-state index in [1.807, 2.05) is 0 Å². The molecule has 5 saturated heterocycles. The summed E-state index contributed by atoms with van der Waals surface area (Å²) in [6.07, 6.45) is -12.6. The van der Waals surface area contributed by atoms with Crippen LogP contribution in [0.1, 0.15) is 99.3 Å². The van der Waals surface area contributed by atoms with Crippen molar-refractivity contribution in [2.24, 2.45) is 40.4 Å². The molecule has 26 atom stereocenters. The van der Waals surface area contributed by atoms with Gasteiger partial charge in [0.15, 0.2) is 24.7 Å². The lowest BCUT2D eigenvalue weighted by atomic mass is 9.46. The molecule has 5 aliphatic heterocycles. The van der Waals surface area contributed by atoms with Gasteiger partial charge in [-0.1, -0.05) is 39.3 Å². The van der Waals surface area contributed by atoms with E-state index in [0.29, 0.717) is 43.1 Å². The molecule has 1 spiro atoms. The minimum atomic E-state index is -1.72. The smallest absolute Gasteiger partial charge is 0.187 e. The fourth-order valence-electron chi connectivity index (χ4n) is 13.9. The van der Waals surface area contributed by atoms with E-state index in [4.69, 9.17) is 37.9 Å². The summed E-state index contributed by atoms with van der Waals surface area (Å²) in [5.41, 5.74) is -0.108. The van der Waals surface area contributed by atoms with Crippen LogP contribution in [0.3, 0.4) is 0 Å². The largest absolute Gasteiger partial charge is 0.394 e. The van der Waals surface area contributed by atoms with Crippen molar-refractivity contribution in [3.63, 3.8) is 0 Å². The monoisotopic (exact) mass is 884 g/mol. The van der Waals surface area contributed by atoms with E-state index in [0.717, 1.165) is 44.9 Å². The van der Waals surface area contributed by atoms with E-state index >= 15 is 0 Å². The third-order valence-corrected chi connectivity index (χ3v) is 17.9. The molecule has 7 unspecified atom stereocenters. The standard InChI is InChI=1S/C45H72O17/c1-19-9-14-44(55-18-19)22(4)45(54)29(62-44)16-27-25-8-7-23-15-24(10-12-42(23,5)26(25)11-13-43(27,45)6)58-41-38(61-40-35(52)33(50)31(48)21(3)57-40)36(53)37(28(17-46)59-41)60-39-34(51)32(49)30(47)20(2)56-39/h7,19-22,24-41,46-54H,8-18H2,1-6H3/t19-,20+,21+,22-,24?,25?,26?,27?,28-,29?,30+,31+,32-,33-,34-,35-,36+,37-,38-,39+,40+,41-,42?,43?,44-,45-/m0/s1. The molecule has 8 fully saturated rings. The molecule has 9 N–H and O–H groups in total. The Morgan fingerprint density at radius 2 is 1.34 bits per heavy atom. The molecule has 5 heterocycles. The first kappa shape index (κ1) is 46.2. The molecule has 0 aromatic rings. The Balaban J connectivity index is 0.924. The molecule has 0 bridgehead atoms. The third kappa shape index (κ3) is 7.05. The van der Waals surface area contributed by atoms with Gasteiger partial charge in [0.05, 0.1) is 37.6 Å². The molecule has 0 aromatic carbocycles. The molecule has 9 aliphatic rings. The highest BCUT2D eigenvalue weighted by atomic mass is 16.8. The van der Waals surface area contributed by atoms with Crippen molar-refractivity contribution in [1.82, 2.24) is 0 Å². The molecule has 354 valence electrons. The average molecular weight is 885 g/mol. The molecule has 0 amide bonds. The summed E-state index contributed by atoms with van der Waals surface area (Å²) < 4.78 is 49.8. The molecule has 17 heteroatoms. The van der Waals surface area contributed by atoms with Crippen molar-refractivity contribution in [1.29, 1.82) is 0 Å². The van der Waals surface area contributed by atoms with Crippen molar-refractivity contribution in [2.45, 2.75) is 215 Å². The van der Waals surface area contributed by atoms with Gasteiger partial charge < -0.3 is 83.9 Å². The van der Waals surface area contributed by atoms with Crippen molar-refractivity contribution in [3.8, 4) is 0 Å². The quantitative estimate of drug-likeness (QED) is 0.157. The first-order valence-corrected chi connectivity index (χ1v) is 23.3. The summed E-state index contributed by atoms with van der Waals surface area (Å²) >= 11 is 0. The Kier molecular flexibility index (Phi) is 12.4. The summed E-state index contributed by atoms with van der Waals surface area (Å²) in [4.78, 5) is 0. The second-order valence-corrected chi connectivity index (χ2v) is 21.2. The Hall–Kier alpha value is -0.940. The molecular weight excluding hydrogens is 812 g/mol. The van der Waals surface area contributed by atoms with E-state index in [9.17, 15) is 46.0 Å². The minimum Gasteiger partial charge on any atom is -0.394 e. The van der Waals surface area contributed by atoms with Crippen LogP contribution in [0.25, 0.3) is 0 Å². The Morgan fingerprint density at radius 3 is 1.95 bits per heavy atom. The van der Waals surface area contributed by atoms with E-state index < -0.39 is 116 Å². The zero-order chi connectivity index (χ0) is 44.4. The number of aliphatic hydroxyl groups is 9. The van der Waals surface area contributed by atoms with Crippen LogP contribution in [0.2, 0.25) is 0 Å². The highest BCUT2D eigenvalue weighted by Gasteiger charge is 2.76. The lowest BCUT2D eigenvalue weighted by molar-refractivity contribution is -0.388. The Morgan fingerprint density at radius 1 is 0.694 bits per heavy atom. The molecule has 3 saturated carbocycles. The number of aliphatic hydroxyl groups excluding tert-OH is 8. The fourth-order valence-corrected chi connectivity index (χ4v) is 13.9. The fraction of sp³-hybridized carbons (Fsp3) is 0.956. The van der Waals surface area contributed by atoms with E-state index in [1.54, 1.807) is 0 Å². The molecular formula is C45H72O17. The lowest BCUT2D eigenvalue weighted by Crippen LogP contribution is -2.66. The van der Waals surface area contributed by atoms with Crippen molar-refractivity contribution in [3.05, 3.63) is 11.6 Å². The van der Waals surface area contributed by atoms with Crippen LogP contribution in [0, 0.1) is 40.4 Å². The van der Waals surface area contributed by atoms with Gasteiger partial charge in [0.25, 0.3) is 0 Å². The van der Waals surface area contributed by atoms with Gasteiger partial charge in [-0.3, -0.25) is 0 Å². The SMILES string of the molecule is C[C@H]1CC[C@]2(OC1)OC1CC3C4CC=C5CC(O[C@H]6O[C@@H](CO)[C@H](O[C@H]7O[C@H](C)[C@@H](O)[C@H](O)[C@@H]7O)[C@@H](O)[C@@H]6O[C@H]6O[C@H](C)[C@@H](O)[C@H](O)[C@@H]6O)CCC5(C)C4CCC3(C)[C@]1(O)[C@H]2C. The van der Waals surface area contributed by atoms with E-state index in [-0.39, 0.29) is 22.9 Å². The van der Waals surface area contributed by atoms with Gasteiger partial charge >= 0.3 is 0 Å². The number of allylic oxidation sites excluding steroid dienone is 1. The van der Waals surface area contributed by atoms with Crippen LogP contribution in [-0.2, 0) is 37.9 Å². The van der Waals surface area contributed by atoms with Crippen LogP contribution in [0.15, 0.2) is 11.6 Å². The van der Waals surface area contributed by atoms with Crippen LogP contribution in [0.5, 0.6) is 0 Å². The molecule has 9 rings (SSSR count). The zero-order valence-electron chi connectivity index (χ0n) is 36.8. The van der Waals surface area contributed by atoms with E-state index in [2.05, 4.69) is 33.8 Å². The summed E-state index contributed by atoms with van der Waals surface area (Å²) in [7, 11) is 0. The van der Waals surface area contributed by atoms with Crippen LogP contribution < -0.4 is 0 Å². The number of hydrogen-bond donors (Lipinski definition) is 9. The normalized spacial score (nSPS) is 58.9. The summed E-state index contributed by atoms with van der Waals surface area (Å²) in [5, 5.41) is 98.7. The molecule has 0 aromatic heterocycles. The first-order chi connectivity index (χ1) is 29.3. The van der Waals surface area contributed by atoms with Gasteiger partial charge in [-0.2, -0.15) is 0 Å². The van der Waals surface area contributed by atoms with Gasteiger partial charge in [-0.25, -0.2) is 0 Å². The third-order valence-electron chi connectivity index (χ3n) is 17.9. The van der Waals surface area contributed by atoms with Crippen LogP contribution in [0.4, 0.5) is 0 Å². The molecule has 62 heavy (non-hydrogen) atoms. The Labute approximate surface area is 363 Å². The maximum absolute atomic E-state index is 12.8. The summed E-state index contributed by atoms with van der Waals surface area (Å²) in [6, 6.07) is 0. The van der Waals surface area contributed by atoms with Crippen molar-refractivity contribution < 1.29 is 83.9 Å². The second kappa shape index (κ2) is 16.7. The minimum absolute atomic E-state index is 0.112. The van der Waals surface area contributed by atoms with Crippen molar-refractivity contribution in [2.75, 3.05) is 13.2 Å². The number of fused-ring (bicyclic) bond motifs is 7. The topological polar surface area (TPSA) is 256 Å². The highest BCUT2D eigenvalue weighted by molar-refractivity contribution is 5.29. The maximum Gasteiger partial charge on any atom is 0.187 e. The summed E-state index contributed by atoms with van der Waals surface area (Å²) in [5.74, 6) is 0.684. The van der Waals surface area contributed by atoms with Gasteiger partial charge in [-0.15, -0.1) is 0 Å². The predicted octanol–water partition coefficient (Wildman–Crippen LogP) is 0.357. The number of hydrogen-bond acceptors (Lipinski definition) is 17. The first-order valence-electron chi connectivity index (χ1n) is 23.3. The summed E-state index contributed by atoms with van der Waals surface area (Å²) in [6.45, 7) is 12.0. The van der Waals surface area contributed by atoms with Crippen LogP contribution >= 0.6 is 0 Å². The van der Waals surface area contributed by atoms with Gasteiger partial charge in [-0.05, 0) is 94.3 Å². The molecule has 4 aliphatic carbocycles. The Bertz CT molecular complexity index is 1640. The highest BCUT2D eigenvalue weighted by Crippen LogP contribution is 2.72. The number of ether oxygens (including phenoxy) is 8. The predicted molar refractivity (Wildman–Crippen MR) is 214 cm³/mol. The maximum atomic E-state index is 12.8.